The standard InChI is InChI=1S/C20H21ClN2O3/c1-2-22-18(24)13-26-17-5-3-4-16(12-17)23-19(25)20(10-11-20)14-6-8-15(21)9-7-14/h3-9,12H,2,10-11,13H2,1H3,(H,22,24)(H,23,25). The van der Waals surface area contributed by atoms with Crippen LogP contribution in [0.4, 0.5) is 5.69 Å². The van der Waals surface area contributed by atoms with Gasteiger partial charge >= 0.3 is 0 Å². The number of carbonyl (C=O) groups is 2. The highest BCUT2D eigenvalue weighted by Gasteiger charge is 2.51. The van der Waals surface area contributed by atoms with E-state index < -0.39 is 5.41 Å². The Morgan fingerprint density at radius 1 is 1.15 bits per heavy atom. The van der Waals surface area contributed by atoms with Crippen LogP contribution >= 0.6 is 11.6 Å². The van der Waals surface area contributed by atoms with Crippen molar-refractivity contribution in [1.29, 1.82) is 0 Å². The lowest BCUT2D eigenvalue weighted by atomic mass is 9.95. The predicted molar refractivity (Wildman–Crippen MR) is 102 cm³/mol. The number of ether oxygens (including phenoxy) is 1. The lowest BCUT2D eigenvalue weighted by Crippen LogP contribution is -2.28. The average molecular weight is 373 g/mol. The predicted octanol–water partition coefficient (Wildman–Crippen LogP) is 3.53. The third-order valence-electron chi connectivity index (χ3n) is 4.42. The highest BCUT2D eigenvalue weighted by molar-refractivity contribution is 6.30. The Bertz CT molecular complexity index is 801. The van der Waals surface area contributed by atoms with E-state index in [0.29, 0.717) is 23.0 Å². The molecule has 0 spiro atoms. The summed E-state index contributed by atoms with van der Waals surface area (Å²) in [5, 5.41) is 6.28. The molecular weight excluding hydrogens is 352 g/mol. The molecule has 0 radical (unpaired) electrons. The fraction of sp³-hybridized carbons (Fsp3) is 0.300. The third kappa shape index (κ3) is 4.17. The summed E-state index contributed by atoms with van der Waals surface area (Å²) in [7, 11) is 0. The summed E-state index contributed by atoms with van der Waals surface area (Å²) >= 11 is 5.94. The highest BCUT2D eigenvalue weighted by Crippen LogP contribution is 2.49. The van der Waals surface area contributed by atoms with Crippen LogP contribution < -0.4 is 15.4 Å². The fourth-order valence-electron chi connectivity index (χ4n) is 2.85. The molecule has 0 aromatic heterocycles. The summed E-state index contributed by atoms with van der Waals surface area (Å²) in [6.07, 6.45) is 1.63. The van der Waals surface area contributed by atoms with Crippen molar-refractivity contribution < 1.29 is 14.3 Å². The number of amides is 2. The summed E-state index contributed by atoms with van der Waals surface area (Å²) in [6, 6.07) is 14.5. The van der Waals surface area contributed by atoms with E-state index in [0.717, 1.165) is 18.4 Å². The van der Waals surface area contributed by atoms with E-state index in [1.165, 1.54) is 0 Å². The van der Waals surface area contributed by atoms with Gasteiger partial charge in [-0.15, -0.1) is 0 Å². The number of anilines is 1. The molecule has 6 heteroatoms. The fourth-order valence-corrected chi connectivity index (χ4v) is 2.98. The van der Waals surface area contributed by atoms with Crippen molar-refractivity contribution in [3.63, 3.8) is 0 Å². The molecule has 0 heterocycles. The molecule has 1 aliphatic rings. The second kappa shape index (κ2) is 7.79. The second-order valence-electron chi connectivity index (χ2n) is 6.31. The third-order valence-corrected chi connectivity index (χ3v) is 4.67. The molecule has 1 aliphatic carbocycles. The lowest BCUT2D eigenvalue weighted by molar-refractivity contribution is -0.123. The van der Waals surface area contributed by atoms with E-state index in [9.17, 15) is 9.59 Å². The van der Waals surface area contributed by atoms with Crippen LogP contribution in [0.2, 0.25) is 5.02 Å². The van der Waals surface area contributed by atoms with Gasteiger partial charge in [0, 0.05) is 23.3 Å². The molecule has 2 N–H and O–H groups in total. The molecule has 2 amide bonds. The molecule has 0 bridgehead atoms. The van der Waals surface area contributed by atoms with E-state index in [2.05, 4.69) is 10.6 Å². The average Bonchev–Trinajstić information content (AvgIpc) is 3.43. The van der Waals surface area contributed by atoms with E-state index >= 15 is 0 Å². The summed E-state index contributed by atoms with van der Waals surface area (Å²) in [5.41, 5.74) is 1.13. The minimum Gasteiger partial charge on any atom is -0.484 e. The van der Waals surface area contributed by atoms with E-state index in [1.807, 2.05) is 19.1 Å². The molecule has 3 rings (SSSR count). The van der Waals surface area contributed by atoms with Crippen molar-refractivity contribution >= 4 is 29.1 Å². The molecular formula is C20H21ClN2O3. The normalized spacial score (nSPS) is 14.4. The Morgan fingerprint density at radius 3 is 2.54 bits per heavy atom. The molecule has 0 aliphatic heterocycles. The number of likely N-dealkylation sites (N-methyl/N-ethyl adjacent to an activating group) is 1. The van der Waals surface area contributed by atoms with Crippen LogP contribution in [0.5, 0.6) is 5.75 Å². The number of carbonyl (C=O) groups excluding carboxylic acids is 2. The first-order valence-corrected chi connectivity index (χ1v) is 8.98. The summed E-state index contributed by atoms with van der Waals surface area (Å²) < 4.78 is 5.46. The van der Waals surface area contributed by atoms with Crippen LogP contribution in [0, 0.1) is 0 Å². The van der Waals surface area contributed by atoms with Gasteiger partial charge in [0.15, 0.2) is 6.61 Å². The Balaban J connectivity index is 1.65. The van der Waals surface area contributed by atoms with E-state index in [1.54, 1.807) is 36.4 Å². The summed E-state index contributed by atoms with van der Waals surface area (Å²) in [6.45, 7) is 2.35. The zero-order chi connectivity index (χ0) is 18.6. The number of rotatable bonds is 7. The van der Waals surface area contributed by atoms with Crippen molar-refractivity contribution in [3.8, 4) is 5.75 Å². The Morgan fingerprint density at radius 2 is 1.88 bits per heavy atom. The number of hydrogen-bond acceptors (Lipinski definition) is 3. The molecule has 136 valence electrons. The zero-order valence-corrected chi connectivity index (χ0v) is 15.3. The monoisotopic (exact) mass is 372 g/mol. The minimum absolute atomic E-state index is 0.0410. The molecule has 1 saturated carbocycles. The maximum Gasteiger partial charge on any atom is 0.257 e. The highest BCUT2D eigenvalue weighted by atomic mass is 35.5. The summed E-state index contributed by atoms with van der Waals surface area (Å²) in [4.78, 5) is 24.3. The Hall–Kier alpha value is -2.53. The SMILES string of the molecule is CCNC(=O)COc1cccc(NC(=O)C2(c3ccc(Cl)cc3)CC2)c1. The Labute approximate surface area is 157 Å². The molecule has 2 aromatic carbocycles. The second-order valence-corrected chi connectivity index (χ2v) is 6.75. The van der Waals surface area contributed by atoms with Crippen molar-refractivity contribution in [3.05, 3.63) is 59.1 Å². The molecule has 1 fully saturated rings. The van der Waals surface area contributed by atoms with Gasteiger partial charge < -0.3 is 15.4 Å². The summed E-state index contributed by atoms with van der Waals surface area (Å²) in [5.74, 6) is 0.313. The Kier molecular flexibility index (Phi) is 5.47. The van der Waals surface area contributed by atoms with Crippen LogP contribution in [-0.4, -0.2) is 25.0 Å². The van der Waals surface area contributed by atoms with Crippen LogP contribution in [0.15, 0.2) is 48.5 Å². The number of halogens is 1. The van der Waals surface area contributed by atoms with Crippen LogP contribution in [0.25, 0.3) is 0 Å². The van der Waals surface area contributed by atoms with Gasteiger partial charge in [0.2, 0.25) is 5.91 Å². The van der Waals surface area contributed by atoms with Gasteiger partial charge in [-0.05, 0) is 49.6 Å². The number of nitrogens with one attached hydrogen (secondary N) is 2. The van der Waals surface area contributed by atoms with Crippen LogP contribution in [0.3, 0.4) is 0 Å². The van der Waals surface area contributed by atoms with Gasteiger partial charge in [0.05, 0.1) is 5.41 Å². The van der Waals surface area contributed by atoms with E-state index in [-0.39, 0.29) is 18.4 Å². The largest absolute Gasteiger partial charge is 0.484 e. The molecule has 5 nitrogen and oxygen atoms in total. The smallest absolute Gasteiger partial charge is 0.257 e. The van der Waals surface area contributed by atoms with Crippen LogP contribution in [-0.2, 0) is 15.0 Å². The molecule has 26 heavy (non-hydrogen) atoms. The minimum atomic E-state index is -0.484. The van der Waals surface area contributed by atoms with Crippen molar-refractivity contribution in [2.24, 2.45) is 0 Å². The van der Waals surface area contributed by atoms with Crippen molar-refractivity contribution in [1.82, 2.24) is 5.32 Å². The maximum atomic E-state index is 12.8. The maximum absolute atomic E-state index is 12.8. The molecule has 2 aromatic rings. The quantitative estimate of drug-likeness (QED) is 0.781. The number of hydrogen-bond donors (Lipinski definition) is 2. The van der Waals surface area contributed by atoms with Gasteiger partial charge in [-0.3, -0.25) is 9.59 Å². The van der Waals surface area contributed by atoms with Gasteiger partial charge in [0.1, 0.15) is 5.75 Å². The molecule has 0 unspecified atom stereocenters. The first-order chi connectivity index (χ1) is 12.5. The van der Waals surface area contributed by atoms with Gasteiger partial charge in [-0.25, -0.2) is 0 Å². The zero-order valence-electron chi connectivity index (χ0n) is 14.5. The van der Waals surface area contributed by atoms with Gasteiger partial charge in [-0.1, -0.05) is 29.8 Å². The van der Waals surface area contributed by atoms with Gasteiger partial charge in [0.25, 0.3) is 5.91 Å². The van der Waals surface area contributed by atoms with Gasteiger partial charge in [-0.2, -0.15) is 0 Å². The molecule has 0 saturated heterocycles. The number of benzene rings is 2. The lowest BCUT2D eigenvalue weighted by Gasteiger charge is -2.16. The molecule has 0 atom stereocenters. The van der Waals surface area contributed by atoms with Crippen molar-refractivity contribution in [2.45, 2.75) is 25.2 Å². The van der Waals surface area contributed by atoms with Crippen LogP contribution in [0.1, 0.15) is 25.3 Å². The topological polar surface area (TPSA) is 67.4 Å². The first kappa shape index (κ1) is 18.3. The first-order valence-electron chi connectivity index (χ1n) is 8.60. The van der Waals surface area contributed by atoms with Crippen molar-refractivity contribution in [2.75, 3.05) is 18.5 Å². The van der Waals surface area contributed by atoms with E-state index in [4.69, 9.17) is 16.3 Å².